The molecule has 0 saturated carbocycles. The molecule has 0 amide bonds. The van der Waals surface area contributed by atoms with Crippen LogP contribution in [0, 0.1) is 6.92 Å². The Hall–Kier alpha value is -2.33. The van der Waals surface area contributed by atoms with E-state index < -0.39 is 26.7 Å². The number of rotatable bonds is 6. The molecule has 0 spiro atoms. The number of ketones is 1. The highest BCUT2D eigenvalue weighted by molar-refractivity contribution is 8.14. The van der Waals surface area contributed by atoms with Gasteiger partial charge in [0.1, 0.15) is 0 Å². The summed E-state index contributed by atoms with van der Waals surface area (Å²) in [6.07, 6.45) is -4.67. The highest BCUT2D eigenvalue weighted by atomic mass is 32.2. The standard InChI is InChI=1S/C18H16F3NO4S2/c1-11-3-8-15(9-16(11)18(19,20)21)28(25,26)22-14-6-4-13(5-7-14)17(24)10-27-12(2)23/h3-9,22H,10H2,1-2H3. The van der Waals surface area contributed by atoms with E-state index in [0.717, 1.165) is 23.9 Å². The zero-order chi connectivity index (χ0) is 21.1. The second-order valence-corrected chi connectivity index (χ2v) is 8.70. The van der Waals surface area contributed by atoms with E-state index in [-0.39, 0.29) is 33.5 Å². The smallest absolute Gasteiger partial charge is 0.293 e. The molecule has 10 heteroatoms. The van der Waals surface area contributed by atoms with E-state index in [9.17, 15) is 31.2 Å². The van der Waals surface area contributed by atoms with E-state index in [1.54, 1.807) is 0 Å². The number of sulfonamides is 1. The average molecular weight is 431 g/mol. The van der Waals surface area contributed by atoms with E-state index in [4.69, 9.17) is 0 Å². The summed E-state index contributed by atoms with van der Waals surface area (Å²) in [5.41, 5.74) is -0.742. The van der Waals surface area contributed by atoms with Crippen LogP contribution in [-0.4, -0.2) is 25.1 Å². The number of thioether (sulfide) groups is 1. The molecule has 0 fully saturated rings. The Morgan fingerprint density at radius 2 is 1.68 bits per heavy atom. The van der Waals surface area contributed by atoms with Crippen molar-refractivity contribution < 1.29 is 31.2 Å². The van der Waals surface area contributed by atoms with Crippen LogP contribution in [0.3, 0.4) is 0 Å². The van der Waals surface area contributed by atoms with Crippen molar-refractivity contribution >= 4 is 38.4 Å². The van der Waals surface area contributed by atoms with Crippen LogP contribution in [0.5, 0.6) is 0 Å². The van der Waals surface area contributed by atoms with Gasteiger partial charge in [0, 0.05) is 18.2 Å². The zero-order valence-electron chi connectivity index (χ0n) is 14.8. The molecule has 2 rings (SSSR count). The third kappa shape index (κ3) is 5.59. The molecule has 0 saturated heterocycles. The summed E-state index contributed by atoms with van der Waals surface area (Å²) in [4.78, 5) is 22.3. The van der Waals surface area contributed by atoms with Crippen LogP contribution in [-0.2, 0) is 21.0 Å². The van der Waals surface area contributed by atoms with Crippen molar-refractivity contribution in [3.8, 4) is 0 Å². The second-order valence-electron chi connectivity index (χ2n) is 5.86. The van der Waals surface area contributed by atoms with E-state index in [0.29, 0.717) is 6.07 Å². The molecule has 2 aromatic carbocycles. The van der Waals surface area contributed by atoms with Crippen LogP contribution in [0.25, 0.3) is 0 Å². The number of carbonyl (C=O) groups excluding carboxylic acids is 2. The Kier molecular flexibility index (Phi) is 6.56. The lowest BCUT2D eigenvalue weighted by molar-refractivity contribution is -0.138. The van der Waals surface area contributed by atoms with Crippen LogP contribution >= 0.6 is 11.8 Å². The molecule has 1 N–H and O–H groups in total. The third-order valence-electron chi connectivity index (χ3n) is 3.69. The van der Waals surface area contributed by atoms with Crippen LogP contribution in [0.4, 0.5) is 18.9 Å². The molecule has 0 aromatic heterocycles. The van der Waals surface area contributed by atoms with E-state index in [1.807, 2.05) is 0 Å². The molecular formula is C18H16F3NO4S2. The molecular weight excluding hydrogens is 415 g/mol. The number of hydrogen-bond acceptors (Lipinski definition) is 5. The minimum absolute atomic E-state index is 0.0377. The summed E-state index contributed by atoms with van der Waals surface area (Å²) >= 11 is 0.858. The van der Waals surface area contributed by atoms with Crippen LogP contribution in [0.15, 0.2) is 47.4 Å². The van der Waals surface area contributed by atoms with Gasteiger partial charge in [0.25, 0.3) is 10.0 Å². The van der Waals surface area contributed by atoms with Crippen molar-refractivity contribution in [2.45, 2.75) is 24.9 Å². The summed E-state index contributed by atoms with van der Waals surface area (Å²) < 4.78 is 66.0. The molecule has 0 aliphatic rings. The lowest BCUT2D eigenvalue weighted by atomic mass is 10.1. The monoisotopic (exact) mass is 431 g/mol. The third-order valence-corrected chi connectivity index (χ3v) is 5.88. The Bertz CT molecular complexity index is 1000. The number of carbonyl (C=O) groups is 2. The molecule has 5 nitrogen and oxygen atoms in total. The number of benzene rings is 2. The number of alkyl halides is 3. The fourth-order valence-electron chi connectivity index (χ4n) is 2.26. The molecule has 2 aromatic rings. The minimum Gasteiger partial charge on any atom is -0.293 e. The Balaban J connectivity index is 2.21. The van der Waals surface area contributed by atoms with Gasteiger partial charge in [0.2, 0.25) is 0 Å². The number of halogens is 3. The van der Waals surface area contributed by atoms with Crippen molar-refractivity contribution in [3.05, 3.63) is 59.2 Å². The molecule has 0 heterocycles. The first-order valence-electron chi connectivity index (χ1n) is 7.87. The molecule has 28 heavy (non-hydrogen) atoms. The second kappa shape index (κ2) is 8.36. The first-order chi connectivity index (χ1) is 12.9. The van der Waals surface area contributed by atoms with Gasteiger partial charge < -0.3 is 0 Å². The molecule has 0 aliphatic heterocycles. The first kappa shape index (κ1) is 22.0. The van der Waals surface area contributed by atoms with Crippen molar-refractivity contribution in [1.29, 1.82) is 0 Å². The van der Waals surface area contributed by atoms with Gasteiger partial charge in [0.05, 0.1) is 16.2 Å². The molecule has 0 aliphatic carbocycles. The maximum Gasteiger partial charge on any atom is 0.416 e. The predicted octanol–water partition coefficient (Wildman–Crippen LogP) is 4.28. The summed E-state index contributed by atoms with van der Waals surface area (Å²) in [5.74, 6) is -0.341. The Morgan fingerprint density at radius 1 is 1.07 bits per heavy atom. The van der Waals surface area contributed by atoms with Gasteiger partial charge in [-0.3, -0.25) is 14.3 Å². The number of aryl methyl sites for hydroxylation is 1. The first-order valence-corrected chi connectivity index (χ1v) is 10.3. The quantitative estimate of drug-likeness (QED) is 0.691. The summed E-state index contributed by atoms with van der Waals surface area (Å²) in [6.45, 7) is 2.58. The topological polar surface area (TPSA) is 80.3 Å². The number of hydrogen-bond donors (Lipinski definition) is 1. The summed E-state index contributed by atoms with van der Waals surface area (Å²) in [5, 5.41) is -0.200. The van der Waals surface area contributed by atoms with E-state index >= 15 is 0 Å². The Labute approximate surface area is 164 Å². The van der Waals surface area contributed by atoms with E-state index in [1.165, 1.54) is 38.1 Å². The van der Waals surface area contributed by atoms with Gasteiger partial charge in [0.15, 0.2) is 10.9 Å². The average Bonchev–Trinajstić information content (AvgIpc) is 2.59. The van der Waals surface area contributed by atoms with Crippen molar-refractivity contribution in [3.63, 3.8) is 0 Å². The summed E-state index contributed by atoms with van der Waals surface area (Å²) in [7, 11) is -4.25. The maximum absolute atomic E-state index is 13.0. The van der Waals surface area contributed by atoms with Crippen LogP contribution < -0.4 is 4.72 Å². The fourth-order valence-corrected chi connectivity index (χ4v) is 3.85. The highest BCUT2D eigenvalue weighted by Gasteiger charge is 2.33. The van der Waals surface area contributed by atoms with Gasteiger partial charge in [-0.05, 0) is 48.9 Å². The number of nitrogens with one attached hydrogen (secondary N) is 1. The zero-order valence-corrected chi connectivity index (χ0v) is 16.5. The van der Waals surface area contributed by atoms with Gasteiger partial charge in [-0.1, -0.05) is 17.8 Å². The molecule has 0 atom stereocenters. The molecule has 0 radical (unpaired) electrons. The van der Waals surface area contributed by atoms with Gasteiger partial charge in [-0.2, -0.15) is 13.2 Å². The van der Waals surface area contributed by atoms with Crippen LogP contribution in [0.1, 0.15) is 28.4 Å². The minimum atomic E-state index is -4.67. The molecule has 0 bridgehead atoms. The summed E-state index contributed by atoms with van der Waals surface area (Å²) in [6, 6.07) is 8.14. The maximum atomic E-state index is 13.0. The largest absolute Gasteiger partial charge is 0.416 e. The van der Waals surface area contributed by atoms with Gasteiger partial charge in [-0.25, -0.2) is 8.42 Å². The lowest BCUT2D eigenvalue weighted by Crippen LogP contribution is -2.15. The predicted molar refractivity (Wildman–Crippen MR) is 101 cm³/mol. The number of anilines is 1. The molecule has 0 unspecified atom stereocenters. The van der Waals surface area contributed by atoms with Gasteiger partial charge >= 0.3 is 6.18 Å². The highest BCUT2D eigenvalue weighted by Crippen LogP contribution is 2.33. The van der Waals surface area contributed by atoms with Gasteiger partial charge in [-0.15, -0.1) is 0 Å². The van der Waals surface area contributed by atoms with Crippen molar-refractivity contribution in [2.24, 2.45) is 0 Å². The Morgan fingerprint density at radius 3 is 2.21 bits per heavy atom. The van der Waals surface area contributed by atoms with Crippen molar-refractivity contribution in [2.75, 3.05) is 10.5 Å². The fraction of sp³-hybridized carbons (Fsp3) is 0.222. The number of Topliss-reactive ketones (excluding diaryl/α,β-unsaturated/α-hetero) is 1. The normalized spacial score (nSPS) is 11.9. The van der Waals surface area contributed by atoms with E-state index in [2.05, 4.69) is 4.72 Å². The van der Waals surface area contributed by atoms with Crippen molar-refractivity contribution in [1.82, 2.24) is 0 Å². The lowest BCUT2D eigenvalue weighted by Gasteiger charge is -2.13. The molecule has 150 valence electrons. The SMILES string of the molecule is CC(=O)SCC(=O)c1ccc(NS(=O)(=O)c2ccc(C)c(C(F)(F)F)c2)cc1. The van der Waals surface area contributed by atoms with Crippen LogP contribution in [0.2, 0.25) is 0 Å².